The number of nitrogens with one attached hydrogen (secondary N) is 1. The minimum absolute atomic E-state index is 0.0892. The molecule has 1 aromatic carbocycles. The van der Waals surface area contributed by atoms with E-state index in [4.69, 9.17) is 4.74 Å². The average molecular weight is 372 g/mol. The molecule has 0 aliphatic carbocycles. The first-order chi connectivity index (χ1) is 12.9. The van der Waals surface area contributed by atoms with Crippen LogP contribution in [0.4, 0.5) is 0 Å². The first-order valence-electron chi connectivity index (χ1n) is 9.40. The second kappa shape index (κ2) is 9.35. The summed E-state index contributed by atoms with van der Waals surface area (Å²) in [6, 6.07) is 7.78. The van der Waals surface area contributed by atoms with Gasteiger partial charge in [-0.25, -0.2) is 4.79 Å². The van der Waals surface area contributed by atoms with Crippen LogP contribution in [0.3, 0.4) is 0 Å². The lowest BCUT2D eigenvalue weighted by Gasteiger charge is -2.34. The highest BCUT2D eigenvalue weighted by molar-refractivity contribution is 5.97. The second-order valence-electron chi connectivity index (χ2n) is 6.72. The van der Waals surface area contributed by atoms with Crippen LogP contribution in [0.2, 0.25) is 0 Å². The van der Waals surface area contributed by atoms with Crippen molar-refractivity contribution in [3.63, 3.8) is 0 Å². The molecule has 27 heavy (non-hydrogen) atoms. The maximum Gasteiger partial charge on any atom is 0.336 e. The Labute approximate surface area is 160 Å². The number of aryl methyl sites for hydroxylation is 1. The number of esters is 1. The molecule has 1 unspecified atom stereocenters. The summed E-state index contributed by atoms with van der Waals surface area (Å²) in [4.78, 5) is 38.9. The van der Waals surface area contributed by atoms with Crippen molar-refractivity contribution >= 4 is 17.8 Å². The Kier molecular flexibility index (Phi) is 7.16. The minimum atomic E-state index is -0.437. The smallest absolute Gasteiger partial charge is 0.336 e. The summed E-state index contributed by atoms with van der Waals surface area (Å²) in [6.45, 7) is 8.11. The van der Waals surface area contributed by atoms with Gasteiger partial charge in [0.2, 0.25) is 11.8 Å². The summed E-state index contributed by atoms with van der Waals surface area (Å²) < 4.78 is 5.25. The molecule has 0 saturated heterocycles. The third kappa shape index (κ3) is 4.96. The Balaban J connectivity index is 2.41. The lowest BCUT2D eigenvalue weighted by Crippen LogP contribution is -2.44. The SMILES string of the molecule is CCCNC(=O)CN1C(=O)CC(c2cccc(C)c2)C(C(=O)OCC)=C1C. The first-order valence-corrected chi connectivity index (χ1v) is 9.40. The van der Waals surface area contributed by atoms with Gasteiger partial charge in [0.1, 0.15) is 6.54 Å². The summed E-state index contributed by atoms with van der Waals surface area (Å²) in [6.07, 6.45) is 0.952. The van der Waals surface area contributed by atoms with Crippen LogP contribution in [-0.4, -0.2) is 42.4 Å². The molecule has 0 radical (unpaired) electrons. The van der Waals surface area contributed by atoms with Crippen LogP contribution in [0.5, 0.6) is 0 Å². The van der Waals surface area contributed by atoms with Crippen molar-refractivity contribution in [2.24, 2.45) is 0 Å². The number of carbonyl (C=O) groups is 3. The molecule has 0 bridgehead atoms. The monoisotopic (exact) mass is 372 g/mol. The Morgan fingerprint density at radius 2 is 2.00 bits per heavy atom. The van der Waals surface area contributed by atoms with Crippen molar-refractivity contribution in [3.05, 3.63) is 46.7 Å². The van der Waals surface area contributed by atoms with E-state index in [0.717, 1.165) is 17.5 Å². The van der Waals surface area contributed by atoms with Crippen LogP contribution >= 0.6 is 0 Å². The van der Waals surface area contributed by atoms with E-state index in [9.17, 15) is 14.4 Å². The van der Waals surface area contributed by atoms with Crippen LogP contribution in [0.15, 0.2) is 35.5 Å². The number of nitrogens with zero attached hydrogens (tertiary/aromatic N) is 1. The lowest BCUT2D eigenvalue weighted by molar-refractivity contribution is -0.141. The molecule has 1 N–H and O–H groups in total. The Hall–Kier alpha value is -2.63. The Morgan fingerprint density at radius 3 is 2.63 bits per heavy atom. The maximum atomic E-state index is 12.8. The van der Waals surface area contributed by atoms with Crippen molar-refractivity contribution in [1.29, 1.82) is 0 Å². The average Bonchev–Trinajstić information content (AvgIpc) is 2.63. The fourth-order valence-electron chi connectivity index (χ4n) is 3.31. The fourth-order valence-corrected chi connectivity index (χ4v) is 3.31. The summed E-state index contributed by atoms with van der Waals surface area (Å²) in [5.74, 6) is -1.21. The van der Waals surface area contributed by atoms with Crippen molar-refractivity contribution in [3.8, 4) is 0 Å². The molecular formula is C21H28N2O4. The normalized spacial score (nSPS) is 17.1. The van der Waals surface area contributed by atoms with Gasteiger partial charge in [-0.15, -0.1) is 0 Å². The number of carbonyl (C=O) groups excluding carboxylic acids is 3. The summed E-state index contributed by atoms with van der Waals surface area (Å²) in [5.41, 5.74) is 2.90. The molecular weight excluding hydrogens is 344 g/mol. The van der Waals surface area contributed by atoms with Crippen molar-refractivity contribution in [2.75, 3.05) is 19.7 Å². The highest BCUT2D eigenvalue weighted by Crippen LogP contribution is 2.37. The summed E-state index contributed by atoms with van der Waals surface area (Å²) in [5, 5.41) is 2.77. The van der Waals surface area contributed by atoms with E-state index in [1.165, 1.54) is 4.90 Å². The molecule has 1 aliphatic rings. The molecule has 6 heteroatoms. The first kappa shape index (κ1) is 20.7. The van der Waals surface area contributed by atoms with E-state index < -0.39 is 5.97 Å². The van der Waals surface area contributed by atoms with Crippen molar-refractivity contribution in [1.82, 2.24) is 10.2 Å². The molecule has 0 spiro atoms. The second-order valence-corrected chi connectivity index (χ2v) is 6.72. The number of rotatable bonds is 7. The molecule has 0 saturated carbocycles. The molecule has 1 heterocycles. The third-order valence-corrected chi connectivity index (χ3v) is 4.64. The number of hydrogen-bond acceptors (Lipinski definition) is 4. The highest BCUT2D eigenvalue weighted by atomic mass is 16.5. The maximum absolute atomic E-state index is 12.8. The number of amides is 2. The molecule has 1 aliphatic heterocycles. The van der Waals surface area contributed by atoms with Gasteiger partial charge in [-0.05, 0) is 32.8 Å². The van der Waals surface area contributed by atoms with E-state index in [2.05, 4.69) is 5.32 Å². The van der Waals surface area contributed by atoms with E-state index >= 15 is 0 Å². The number of benzene rings is 1. The molecule has 2 rings (SSSR count). The predicted octanol–water partition coefficient (Wildman–Crippen LogP) is 2.67. The fraction of sp³-hybridized carbons (Fsp3) is 0.476. The number of allylic oxidation sites excluding steroid dienone is 1. The molecule has 146 valence electrons. The molecule has 2 amide bonds. The van der Waals surface area contributed by atoms with Gasteiger partial charge >= 0.3 is 5.97 Å². The van der Waals surface area contributed by atoms with Crippen LogP contribution in [0, 0.1) is 6.92 Å². The zero-order valence-corrected chi connectivity index (χ0v) is 16.5. The van der Waals surface area contributed by atoms with Gasteiger partial charge in [0.15, 0.2) is 0 Å². The van der Waals surface area contributed by atoms with Gasteiger partial charge < -0.3 is 15.0 Å². The Morgan fingerprint density at radius 1 is 1.26 bits per heavy atom. The zero-order valence-electron chi connectivity index (χ0n) is 16.5. The largest absolute Gasteiger partial charge is 0.463 e. The van der Waals surface area contributed by atoms with Gasteiger partial charge in [-0.1, -0.05) is 36.8 Å². The van der Waals surface area contributed by atoms with E-state index in [0.29, 0.717) is 17.8 Å². The van der Waals surface area contributed by atoms with Crippen LogP contribution in [0.1, 0.15) is 50.7 Å². The molecule has 0 fully saturated rings. The van der Waals surface area contributed by atoms with Crippen LogP contribution in [0.25, 0.3) is 0 Å². The van der Waals surface area contributed by atoms with Crippen LogP contribution in [-0.2, 0) is 19.1 Å². The van der Waals surface area contributed by atoms with Gasteiger partial charge in [0.05, 0.1) is 12.2 Å². The van der Waals surface area contributed by atoms with Gasteiger partial charge in [-0.2, -0.15) is 0 Å². The van der Waals surface area contributed by atoms with Gasteiger partial charge in [0, 0.05) is 24.6 Å². The van der Waals surface area contributed by atoms with E-state index in [1.807, 2.05) is 38.1 Å². The quantitative estimate of drug-likeness (QED) is 0.747. The highest BCUT2D eigenvalue weighted by Gasteiger charge is 2.37. The standard InChI is InChI=1S/C21H28N2O4/c1-5-10-22-18(24)13-23-15(4)20(21(26)27-6-2)17(12-19(23)25)16-9-7-8-14(3)11-16/h7-9,11,17H,5-6,10,12-13H2,1-4H3,(H,22,24). The van der Waals surface area contributed by atoms with Gasteiger partial charge in [-0.3, -0.25) is 9.59 Å². The molecule has 1 aromatic rings. The number of hydrogen-bond donors (Lipinski definition) is 1. The Bertz CT molecular complexity index is 754. The van der Waals surface area contributed by atoms with Crippen LogP contribution < -0.4 is 5.32 Å². The van der Waals surface area contributed by atoms with Crippen molar-refractivity contribution in [2.45, 2.75) is 46.5 Å². The lowest BCUT2D eigenvalue weighted by atomic mass is 9.83. The van der Waals surface area contributed by atoms with Gasteiger partial charge in [0.25, 0.3) is 0 Å². The predicted molar refractivity (Wildman–Crippen MR) is 103 cm³/mol. The number of ether oxygens (including phenoxy) is 1. The summed E-state index contributed by atoms with van der Waals surface area (Å²) >= 11 is 0. The van der Waals surface area contributed by atoms with E-state index in [-0.39, 0.29) is 37.3 Å². The summed E-state index contributed by atoms with van der Waals surface area (Å²) in [7, 11) is 0. The topological polar surface area (TPSA) is 75.7 Å². The van der Waals surface area contributed by atoms with Crippen molar-refractivity contribution < 1.29 is 19.1 Å². The molecule has 6 nitrogen and oxygen atoms in total. The minimum Gasteiger partial charge on any atom is -0.463 e. The zero-order chi connectivity index (χ0) is 20.0. The van der Waals surface area contributed by atoms with E-state index in [1.54, 1.807) is 13.8 Å². The molecule has 1 atom stereocenters. The molecule has 0 aromatic heterocycles. The third-order valence-electron chi connectivity index (χ3n) is 4.64.